The molecule has 0 N–H and O–H groups in total. The van der Waals surface area contributed by atoms with Crippen molar-refractivity contribution in [2.24, 2.45) is 17.8 Å². The lowest BCUT2D eigenvalue weighted by Crippen LogP contribution is -2.60. The SMILES string of the molecule is CC1CN(C2CC3CC3C2)C(=O)CN1C(=O)C1=C(Cl)N2C=C(C3CC3)C=C(C(F)(F)F)C2N1C. The van der Waals surface area contributed by atoms with E-state index in [9.17, 15) is 22.8 Å². The summed E-state index contributed by atoms with van der Waals surface area (Å²) < 4.78 is 42.0. The van der Waals surface area contributed by atoms with Gasteiger partial charge in [-0.25, -0.2) is 0 Å². The highest BCUT2D eigenvalue weighted by Gasteiger charge is 2.53. The topological polar surface area (TPSA) is 47.1 Å². The van der Waals surface area contributed by atoms with E-state index in [0.29, 0.717) is 12.1 Å². The van der Waals surface area contributed by atoms with E-state index in [1.165, 1.54) is 34.2 Å². The van der Waals surface area contributed by atoms with Crippen LogP contribution in [0.1, 0.15) is 39.0 Å². The highest BCUT2D eigenvalue weighted by molar-refractivity contribution is 6.32. The molecule has 10 heteroatoms. The maximum atomic E-state index is 14.0. The van der Waals surface area contributed by atoms with E-state index < -0.39 is 23.8 Å². The average molecular weight is 497 g/mol. The van der Waals surface area contributed by atoms with E-state index in [2.05, 4.69) is 0 Å². The van der Waals surface area contributed by atoms with Crippen molar-refractivity contribution in [2.45, 2.75) is 63.5 Å². The van der Waals surface area contributed by atoms with Gasteiger partial charge in [-0.3, -0.25) is 9.59 Å². The molecule has 6 nitrogen and oxygen atoms in total. The van der Waals surface area contributed by atoms with Crippen molar-refractivity contribution in [3.8, 4) is 0 Å². The molecule has 0 aromatic rings. The number of fused-ring (bicyclic) bond motifs is 2. The molecule has 1 saturated heterocycles. The molecule has 3 aliphatic carbocycles. The van der Waals surface area contributed by atoms with Gasteiger partial charge in [0.05, 0.1) is 5.57 Å². The number of amides is 2. The molecular weight excluding hydrogens is 469 g/mol. The van der Waals surface area contributed by atoms with Crippen molar-refractivity contribution >= 4 is 23.4 Å². The van der Waals surface area contributed by atoms with E-state index in [-0.39, 0.29) is 41.3 Å². The Hall–Kier alpha value is -2.16. The van der Waals surface area contributed by atoms with Gasteiger partial charge in [0.15, 0.2) is 0 Å². The molecule has 3 aliphatic heterocycles. The fourth-order valence-corrected chi connectivity index (χ4v) is 6.66. The van der Waals surface area contributed by atoms with Crippen LogP contribution >= 0.6 is 11.6 Å². The van der Waals surface area contributed by atoms with Crippen molar-refractivity contribution in [1.29, 1.82) is 0 Å². The summed E-state index contributed by atoms with van der Waals surface area (Å²) in [6.45, 7) is 2.24. The number of nitrogens with zero attached hydrogens (tertiary/aromatic N) is 4. The molecule has 3 saturated carbocycles. The van der Waals surface area contributed by atoms with Gasteiger partial charge in [0.25, 0.3) is 5.91 Å². The smallest absolute Gasteiger partial charge is 0.343 e. The monoisotopic (exact) mass is 496 g/mol. The van der Waals surface area contributed by atoms with Crippen LogP contribution in [0.15, 0.2) is 34.3 Å². The molecule has 184 valence electrons. The Balaban J connectivity index is 1.25. The Morgan fingerprint density at radius 2 is 1.82 bits per heavy atom. The molecule has 4 fully saturated rings. The van der Waals surface area contributed by atoms with Gasteiger partial charge in [0.2, 0.25) is 5.91 Å². The Morgan fingerprint density at radius 1 is 1.15 bits per heavy atom. The minimum atomic E-state index is -4.56. The van der Waals surface area contributed by atoms with Gasteiger partial charge in [-0.15, -0.1) is 0 Å². The van der Waals surface area contributed by atoms with Gasteiger partial charge in [-0.2, -0.15) is 13.2 Å². The highest BCUT2D eigenvalue weighted by atomic mass is 35.5. The zero-order valence-corrected chi connectivity index (χ0v) is 19.9. The second kappa shape index (κ2) is 7.42. The molecule has 0 aromatic heterocycles. The zero-order chi connectivity index (χ0) is 24.1. The van der Waals surface area contributed by atoms with Crippen LogP contribution < -0.4 is 0 Å². The quantitative estimate of drug-likeness (QED) is 0.560. The fraction of sp³-hybridized carbons (Fsp3) is 0.667. The summed E-state index contributed by atoms with van der Waals surface area (Å²) >= 11 is 6.59. The highest BCUT2D eigenvalue weighted by Crippen LogP contribution is 2.53. The molecule has 0 spiro atoms. The minimum absolute atomic E-state index is 0.00493. The number of piperazine rings is 1. The van der Waals surface area contributed by atoms with Crippen molar-refractivity contribution in [2.75, 3.05) is 20.1 Å². The number of carbonyl (C=O) groups excluding carboxylic acids is 2. The number of alkyl halides is 3. The molecule has 0 radical (unpaired) electrons. The van der Waals surface area contributed by atoms with Crippen molar-refractivity contribution in [1.82, 2.24) is 19.6 Å². The van der Waals surface area contributed by atoms with E-state index in [4.69, 9.17) is 11.6 Å². The number of halogens is 4. The molecule has 6 rings (SSSR count). The third-order valence-electron chi connectivity index (χ3n) is 8.41. The molecule has 4 atom stereocenters. The first-order chi connectivity index (χ1) is 16.0. The van der Waals surface area contributed by atoms with Gasteiger partial charge >= 0.3 is 6.18 Å². The number of hydrogen-bond acceptors (Lipinski definition) is 4. The molecule has 0 bridgehead atoms. The second-order valence-electron chi connectivity index (χ2n) is 10.7. The van der Waals surface area contributed by atoms with Gasteiger partial charge < -0.3 is 19.6 Å². The van der Waals surface area contributed by atoms with Gasteiger partial charge in [-0.1, -0.05) is 11.6 Å². The summed E-state index contributed by atoms with van der Waals surface area (Å²) in [6.07, 6.45) is 2.11. The average Bonchev–Trinajstić information content (AvgIpc) is 3.70. The third kappa shape index (κ3) is 3.45. The largest absolute Gasteiger partial charge is 0.416 e. The lowest BCUT2D eigenvalue weighted by molar-refractivity contribution is -0.149. The van der Waals surface area contributed by atoms with E-state index in [1.807, 2.05) is 11.8 Å². The lowest BCUT2D eigenvalue weighted by Gasteiger charge is -2.43. The summed E-state index contributed by atoms with van der Waals surface area (Å²) in [5.74, 6) is 0.982. The fourth-order valence-electron chi connectivity index (χ4n) is 6.30. The predicted octanol–water partition coefficient (Wildman–Crippen LogP) is 3.62. The first-order valence-corrected chi connectivity index (χ1v) is 12.4. The van der Waals surface area contributed by atoms with Crippen LogP contribution in [-0.2, 0) is 9.59 Å². The van der Waals surface area contributed by atoms with Gasteiger partial charge in [0, 0.05) is 31.9 Å². The molecule has 3 heterocycles. The van der Waals surface area contributed by atoms with Crippen molar-refractivity contribution < 1.29 is 22.8 Å². The van der Waals surface area contributed by atoms with Crippen LogP contribution in [0, 0.1) is 17.8 Å². The van der Waals surface area contributed by atoms with Crippen LogP contribution in [-0.4, -0.2) is 76.0 Å². The number of allylic oxidation sites excluding steroid dienone is 2. The number of likely N-dealkylation sites (N-methyl/N-ethyl adjacent to an activating group) is 1. The summed E-state index contributed by atoms with van der Waals surface area (Å²) in [6, 6.07) is -0.00679. The van der Waals surface area contributed by atoms with E-state index in [1.54, 1.807) is 6.20 Å². The molecular formula is C24H28ClF3N4O2. The van der Waals surface area contributed by atoms with Crippen LogP contribution in [0.2, 0.25) is 0 Å². The minimum Gasteiger partial charge on any atom is -0.343 e. The Kier molecular flexibility index (Phi) is 4.87. The van der Waals surface area contributed by atoms with Crippen molar-refractivity contribution in [3.63, 3.8) is 0 Å². The van der Waals surface area contributed by atoms with E-state index in [0.717, 1.165) is 37.5 Å². The summed E-state index contributed by atoms with van der Waals surface area (Å²) in [5, 5.41) is -0.0246. The van der Waals surface area contributed by atoms with Crippen molar-refractivity contribution in [3.05, 3.63) is 34.3 Å². The number of rotatable bonds is 3. The zero-order valence-electron chi connectivity index (χ0n) is 19.2. The molecule has 4 unspecified atom stereocenters. The molecule has 6 aliphatic rings. The van der Waals surface area contributed by atoms with Crippen LogP contribution in [0.4, 0.5) is 13.2 Å². The standard InChI is InChI=1S/C24H28ClF3N4O2/c1-12-9-31(17-6-14-5-15(14)7-17)19(33)11-30(12)23(34)20-21(25)32-10-16(13-3-4-13)8-18(24(26,27)28)22(32)29(20)2/h8,10,12-15,17,22H,3-7,9,11H2,1-2H3. The second-order valence-corrected chi connectivity index (χ2v) is 11.1. The number of hydrogen-bond donors (Lipinski definition) is 0. The lowest BCUT2D eigenvalue weighted by atomic mass is 10.0. The predicted molar refractivity (Wildman–Crippen MR) is 119 cm³/mol. The molecule has 0 aromatic carbocycles. The summed E-state index contributed by atoms with van der Waals surface area (Å²) in [5.41, 5.74) is -0.130. The van der Waals surface area contributed by atoms with Crippen LogP contribution in [0.3, 0.4) is 0 Å². The molecule has 2 amide bonds. The first kappa shape index (κ1) is 22.3. The third-order valence-corrected chi connectivity index (χ3v) is 8.79. The maximum absolute atomic E-state index is 14.0. The first-order valence-electron chi connectivity index (χ1n) is 12.1. The summed E-state index contributed by atoms with van der Waals surface area (Å²) in [4.78, 5) is 32.6. The van der Waals surface area contributed by atoms with E-state index >= 15 is 0 Å². The maximum Gasteiger partial charge on any atom is 0.416 e. The Morgan fingerprint density at radius 3 is 2.44 bits per heavy atom. The van der Waals surface area contributed by atoms with Crippen LogP contribution in [0.5, 0.6) is 0 Å². The number of carbonyl (C=O) groups is 2. The summed E-state index contributed by atoms with van der Waals surface area (Å²) in [7, 11) is 1.46. The van der Waals surface area contributed by atoms with Gasteiger partial charge in [-0.05, 0) is 68.4 Å². The van der Waals surface area contributed by atoms with Crippen LogP contribution in [0.25, 0.3) is 0 Å². The van der Waals surface area contributed by atoms with Gasteiger partial charge in [0.1, 0.15) is 23.6 Å². The normalized spacial score (nSPS) is 35.5. The molecule has 34 heavy (non-hydrogen) atoms. The Labute approximate surface area is 201 Å². The Bertz CT molecular complexity index is 1040.